The third-order valence-electron chi connectivity index (χ3n) is 9.77. The van der Waals surface area contributed by atoms with Gasteiger partial charge in [-0.25, -0.2) is 4.79 Å². The smallest absolute Gasteiger partial charge is 0.333 e. The molecule has 0 saturated heterocycles. The highest BCUT2D eigenvalue weighted by Gasteiger charge is 2.74. The van der Waals surface area contributed by atoms with Crippen molar-refractivity contribution in [3.8, 4) is 0 Å². The molecule has 0 aromatic heterocycles. The fraction of sp³-hybridized carbons (Fsp3) is 0.864. The van der Waals surface area contributed by atoms with Gasteiger partial charge in [0.05, 0.1) is 6.61 Å². The average Bonchev–Trinajstić information content (AvgIpc) is 3.38. The van der Waals surface area contributed by atoms with E-state index in [1.807, 2.05) is 0 Å². The van der Waals surface area contributed by atoms with Gasteiger partial charge in [0.2, 0.25) is 0 Å². The highest BCUT2D eigenvalue weighted by Crippen LogP contribution is 2.77. The first-order valence-electron chi connectivity index (χ1n) is 10.5. The van der Waals surface area contributed by atoms with Crippen molar-refractivity contribution in [3.05, 3.63) is 12.2 Å². The summed E-state index contributed by atoms with van der Waals surface area (Å²) in [4.78, 5) is 12.2. The van der Waals surface area contributed by atoms with Crippen LogP contribution in [0.15, 0.2) is 12.2 Å². The molecule has 6 aliphatic carbocycles. The molecule has 25 heavy (non-hydrogen) atoms. The van der Waals surface area contributed by atoms with E-state index in [2.05, 4.69) is 6.58 Å². The van der Waals surface area contributed by atoms with Gasteiger partial charge in [-0.3, -0.25) is 0 Å². The zero-order chi connectivity index (χ0) is 17.1. The second-order valence-electron chi connectivity index (χ2n) is 10.4. The van der Waals surface area contributed by atoms with Gasteiger partial charge in [0.15, 0.2) is 0 Å². The Labute approximate surface area is 150 Å². The molecule has 11 atom stereocenters. The zero-order valence-corrected chi connectivity index (χ0v) is 15.2. The van der Waals surface area contributed by atoms with E-state index in [0.717, 1.165) is 53.8 Å². The maximum absolute atomic E-state index is 12.2. The average molecular weight is 342 g/mol. The third-order valence-corrected chi connectivity index (χ3v) is 9.77. The van der Waals surface area contributed by atoms with Crippen molar-refractivity contribution in [2.45, 2.75) is 51.0 Å². The van der Waals surface area contributed by atoms with E-state index in [1.165, 1.54) is 32.1 Å². The molecule has 136 valence electrons. The van der Waals surface area contributed by atoms with E-state index in [1.54, 1.807) is 6.92 Å². The van der Waals surface area contributed by atoms with E-state index in [9.17, 15) is 9.90 Å². The number of aliphatic hydroxyl groups is 1. The fourth-order valence-corrected chi connectivity index (χ4v) is 9.53. The molecule has 0 heterocycles. The van der Waals surface area contributed by atoms with Crippen molar-refractivity contribution >= 4 is 5.97 Å². The number of ether oxygens (including phenoxy) is 1. The summed E-state index contributed by atoms with van der Waals surface area (Å²) >= 11 is 0. The van der Waals surface area contributed by atoms with Crippen LogP contribution in [-0.2, 0) is 9.53 Å². The summed E-state index contributed by atoms with van der Waals surface area (Å²) in [6.45, 7) is 5.45. The van der Waals surface area contributed by atoms with Crippen molar-refractivity contribution in [1.82, 2.24) is 0 Å². The normalized spacial score (nSPS) is 59.3. The predicted molar refractivity (Wildman–Crippen MR) is 93.3 cm³/mol. The Kier molecular flexibility index (Phi) is 2.87. The van der Waals surface area contributed by atoms with Gasteiger partial charge in [-0.15, -0.1) is 0 Å². The molecule has 0 radical (unpaired) electrons. The lowest BCUT2D eigenvalue weighted by molar-refractivity contribution is -0.176. The maximum Gasteiger partial charge on any atom is 0.333 e. The quantitative estimate of drug-likeness (QED) is 0.486. The minimum atomic E-state index is -0.612. The molecule has 3 nitrogen and oxygen atoms in total. The van der Waals surface area contributed by atoms with Crippen LogP contribution < -0.4 is 0 Å². The highest BCUT2D eigenvalue weighted by atomic mass is 16.6. The Bertz CT molecular complexity index is 656. The fourth-order valence-electron chi connectivity index (χ4n) is 9.53. The number of hydrogen-bond acceptors (Lipinski definition) is 3. The van der Waals surface area contributed by atoms with E-state index in [-0.39, 0.29) is 12.6 Å². The minimum absolute atomic E-state index is 0.00601. The summed E-state index contributed by atoms with van der Waals surface area (Å²) < 4.78 is 5.94. The maximum atomic E-state index is 12.2. The van der Waals surface area contributed by atoms with Gasteiger partial charge in [-0.05, 0) is 98.7 Å². The van der Waals surface area contributed by atoms with Crippen LogP contribution in [0.5, 0.6) is 0 Å². The van der Waals surface area contributed by atoms with Gasteiger partial charge in [0.1, 0.15) is 5.60 Å². The van der Waals surface area contributed by atoms with Crippen molar-refractivity contribution in [2.24, 2.45) is 59.2 Å². The molecule has 11 unspecified atom stereocenters. The molecule has 0 amide bonds. The summed E-state index contributed by atoms with van der Waals surface area (Å²) in [7, 11) is 0. The van der Waals surface area contributed by atoms with Crippen LogP contribution in [0.25, 0.3) is 0 Å². The Hall–Kier alpha value is -0.830. The predicted octanol–water partition coefficient (Wildman–Crippen LogP) is 3.42. The topological polar surface area (TPSA) is 46.5 Å². The number of aliphatic hydroxyl groups excluding tert-OH is 1. The summed E-state index contributed by atoms with van der Waals surface area (Å²) in [5, 5.41) is 10.2. The molecule has 6 aliphatic rings. The molecule has 1 N–H and O–H groups in total. The number of rotatable bonds is 3. The number of esters is 1. The van der Waals surface area contributed by atoms with E-state index >= 15 is 0 Å². The van der Waals surface area contributed by atoms with Crippen LogP contribution in [0.3, 0.4) is 0 Å². The van der Waals surface area contributed by atoms with E-state index in [0.29, 0.717) is 17.4 Å². The summed E-state index contributed by atoms with van der Waals surface area (Å²) in [5.41, 5.74) is -0.160. The zero-order valence-electron chi connectivity index (χ0n) is 15.2. The largest absolute Gasteiger partial charge is 0.453 e. The Morgan fingerprint density at radius 1 is 1.04 bits per heavy atom. The van der Waals surface area contributed by atoms with Gasteiger partial charge >= 0.3 is 5.97 Å². The Morgan fingerprint density at radius 3 is 2.32 bits per heavy atom. The summed E-state index contributed by atoms with van der Waals surface area (Å²) in [6.07, 6.45) is 7.99. The van der Waals surface area contributed by atoms with Crippen molar-refractivity contribution in [3.63, 3.8) is 0 Å². The molecule has 6 fully saturated rings. The molecule has 6 saturated carbocycles. The summed E-state index contributed by atoms with van der Waals surface area (Å²) in [5.74, 6) is 8.20. The van der Waals surface area contributed by atoms with Crippen molar-refractivity contribution in [2.75, 3.05) is 6.61 Å². The standard InChI is InChI=1S/C22H30O3/c1-10(2)21(24)25-22(9-23)8-13-6-16(22)20-15-7-14(19(13)20)17-11-3-4-12(5-11)18(15)17/h11-20,23H,1,3-9H2,2H3. The number of fused-ring (bicyclic) bond motifs is 16. The lowest BCUT2D eigenvalue weighted by Gasteiger charge is -2.50. The second-order valence-corrected chi connectivity index (χ2v) is 10.4. The van der Waals surface area contributed by atoms with E-state index < -0.39 is 5.60 Å². The van der Waals surface area contributed by atoms with Gasteiger partial charge in [0.25, 0.3) is 0 Å². The first-order chi connectivity index (χ1) is 12.0. The molecule has 6 bridgehead atoms. The first-order valence-corrected chi connectivity index (χ1v) is 10.5. The van der Waals surface area contributed by atoms with Crippen LogP contribution in [0.1, 0.15) is 45.4 Å². The third kappa shape index (κ3) is 1.66. The van der Waals surface area contributed by atoms with Crippen LogP contribution in [0.2, 0.25) is 0 Å². The van der Waals surface area contributed by atoms with Crippen LogP contribution in [0, 0.1) is 59.2 Å². The van der Waals surface area contributed by atoms with Crippen LogP contribution >= 0.6 is 0 Å². The number of carbonyl (C=O) groups excluding carboxylic acids is 1. The first kappa shape index (κ1) is 15.2. The Morgan fingerprint density at radius 2 is 1.68 bits per heavy atom. The van der Waals surface area contributed by atoms with Crippen LogP contribution in [0.4, 0.5) is 0 Å². The minimum Gasteiger partial charge on any atom is -0.453 e. The van der Waals surface area contributed by atoms with E-state index in [4.69, 9.17) is 4.74 Å². The monoisotopic (exact) mass is 342 g/mol. The van der Waals surface area contributed by atoms with Gasteiger partial charge < -0.3 is 9.84 Å². The molecule has 0 aromatic rings. The number of carbonyl (C=O) groups is 1. The molecule has 6 rings (SSSR count). The van der Waals surface area contributed by atoms with Crippen LogP contribution in [-0.4, -0.2) is 23.3 Å². The lowest BCUT2D eigenvalue weighted by atomic mass is 9.57. The lowest BCUT2D eigenvalue weighted by Crippen LogP contribution is -2.52. The van der Waals surface area contributed by atoms with Gasteiger partial charge in [0, 0.05) is 11.5 Å². The van der Waals surface area contributed by atoms with Gasteiger partial charge in [-0.1, -0.05) is 6.58 Å². The Balaban J connectivity index is 1.33. The molecule has 0 aliphatic heterocycles. The SMILES string of the molecule is C=C(C)C(=O)OC1(CO)CC2CC1C1C3CC(C4C5CCC(C5)C34)C21. The van der Waals surface area contributed by atoms with Gasteiger partial charge in [-0.2, -0.15) is 0 Å². The molecular weight excluding hydrogens is 312 g/mol. The summed E-state index contributed by atoms with van der Waals surface area (Å²) in [6, 6.07) is 0. The van der Waals surface area contributed by atoms with Crippen molar-refractivity contribution < 1.29 is 14.6 Å². The molecule has 3 heteroatoms. The molecule has 0 aromatic carbocycles. The highest BCUT2D eigenvalue weighted by molar-refractivity contribution is 5.87. The second kappa shape index (κ2) is 4.71. The number of hydrogen-bond donors (Lipinski definition) is 1. The van der Waals surface area contributed by atoms with Crippen molar-refractivity contribution in [1.29, 1.82) is 0 Å². The molecular formula is C22H30O3. The molecule has 0 spiro atoms.